The highest BCUT2D eigenvalue weighted by Crippen LogP contribution is 2.39. The van der Waals surface area contributed by atoms with Crippen LogP contribution < -0.4 is 0 Å². The molecule has 0 fully saturated rings. The summed E-state index contributed by atoms with van der Waals surface area (Å²) < 4.78 is 28.0. The van der Waals surface area contributed by atoms with Crippen molar-refractivity contribution in [2.75, 3.05) is 32.8 Å². The third-order valence-corrected chi connectivity index (χ3v) is 6.13. The van der Waals surface area contributed by atoms with E-state index >= 15 is 0 Å². The molecule has 0 spiro atoms. The van der Waals surface area contributed by atoms with Gasteiger partial charge in [-0.3, -0.25) is 9.79 Å². The van der Waals surface area contributed by atoms with Crippen LogP contribution >= 0.6 is 0 Å². The van der Waals surface area contributed by atoms with Gasteiger partial charge in [-0.15, -0.1) is 0 Å². The summed E-state index contributed by atoms with van der Waals surface area (Å²) in [6.45, 7) is 10.1. The van der Waals surface area contributed by atoms with Gasteiger partial charge in [-0.2, -0.15) is 0 Å². The zero-order valence-corrected chi connectivity index (χ0v) is 20.4. The summed E-state index contributed by atoms with van der Waals surface area (Å²) in [7, 11) is 0. The minimum atomic E-state index is -3.02. The third-order valence-electron chi connectivity index (χ3n) is 6.13. The van der Waals surface area contributed by atoms with E-state index in [2.05, 4.69) is 23.4 Å². The predicted molar refractivity (Wildman–Crippen MR) is 133 cm³/mol. The lowest BCUT2D eigenvalue weighted by atomic mass is 9.80. The van der Waals surface area contributed by atoms with Crippen LogP contribution in [0.1, 0.15) is 69.4 Å². The number of benzene rings is 1. The molecule has 0 heterocycles. The number of aliphatic imine (C=N–C) groups is 1. The van der Waals surface area contributed by atoms with Crippen molar-refractivity contribution in [3.05, 3.63) is 58.9 Å². The second-order valence-electron chi connectivity index (χ2n) is 9.07. The second kappa shape index (κ2) is 13.5. The molecule has 7 heteroatoms. The molecule has 0 radical (unpaired) electrons. The molecule has 1 aromatic rings. The number of aliphatic hydroxyl groups is 2. The minimum Gasteiger partial charge on any atom is -0.511 e. The first-order chi connectivity index (χ1) is 16.2. The molecule has 1 aliphatic rings. The van der Waals surface area contributed by atoms with E-state index in [4.69, 9.17) is 5.11 Å². The summed E-state index contributed by atoms with van der Waals surface area (Å²) >= 11 is 0. The number of hydrogen-bond acceptors (Lipinski definition) is 5. The van der Waals surface area contributed by atoms with Crippen molar-refractivity contribution < 1.29 is 23.8 Å². The molecule has 188 valence electrons. The molecule has 1 aromatic carbocycles. The van der Waals surface area contributed by atoms with Gasteiger partial charge < -0.3 is 15.1 Å². The summed E-state index contributed by atoms with van der Waals surface area (Å²) in [6, 6.07) is 6.22. The number of halogens is 2. The number of carbonyl (C=O) groups excluding carboxylic acids is 1. The van der Waals surface area contributed by atoms with E-state index in [1.54, 1.807) is 18.2 Å². The molecular formula is C27H38F2N2O3. The van der Waals surface area contributed by atoms with Crippen LogP contribution in [-0.4, -0.2) is 59.9 Å². The van der Waals surface area contributed by atoms with Crippen molar-refractivity contribution in [2.45, 2.75) is 64.2 Å². The highest BCUT2D eigenvalue weighted by atomic mass is 19.3. The van der Waals surface area contributed by atoms with Gasteiger partial charge in [0.2, 0.25) is 0 Å². The summed E-state index contributed by atoms with van der Waals surface area (Å²) in [4.78, 5) is 19.4. The average Bonchev–Trinajstić information content (AvgIpc) is 2.77. The number of aliphatic hydroxyl groups excluding tert-OH is 2. The van der Waals surface area contributed by atoms with E-state index in [0.717, 1.165) is 51.4 Å². The molecule has 0 bridgehead atoms. The molecule has 2 rings (SSSR count). The van der Waals surface area contributed by atoms with Gasteiger partial charge in [0, 0.05) is 44.7 Å². The van der Waals surface area contributed by atoms with Gasteiger partial charge in [0.1, 0.15) is 5.76 Å². The molecule has 2 N–H and O–H groups in total. The van der Waals surface area contributed by atoms with Crippen LogP contribution in [0.5, 0.6) is 0 Å². The molecular weight excluding hydrogens is 438 g/mol. The molecule has 0 amide bonds. The fraction of sp³-hybridized carbons (Fsp3) is 0.556. The number of allylic oxidation sites excluding steroid dienone is 2. The Morgan fingerprint density at radius 1 is 1.24 bits per heavy atom. The van der Waals surface area contributed by atoms with Crippen molar-refractivity contribution in [1.29, 1.82) is 0 Å². The first-order valence-corrected chi connectivity index (χ1v) is 12.1. The van der Waals surface area contributed by atoms with Gasteiger partial charge in [0.05, 0.1) is 12.1 Å². The van der Waals surface area contributed by atoms with Crippen LogP contribution in [0.4, 0.5) is 8.78 Å². The van der Waals surface area contributed by atoms with Crippen LogP contribution in [0.15, 0.2) is 52.7 Å². The Kier molecular flexibility index (Phi) is 11.1. The van der Waals surface area contributed by atoms with Gasteiger partial charge in [-0.05, 0) is 50.3 Å². The van der Waals surface area contributed by atoms with E-state index in [0.29, 0.717) is 18.5 Å². The number of nitrogens with zero attached hydrogens (tertiary/aromatic N) is 2. The van der Waals surface area contributed by atoms with E-state index in [9.17, 15) is 18.7 Å². The summed E-state index contributed by atoms with van der Waals surface area (Å²) in [6.07, 6.45) is 5.14. The normalized spacial score (nSPS) is 17.2. The van der Waals surface area contributed by atoms with Crippen LogP contribution in [0.25, 0.3) is 0 Å². The van der Waals surface area contributed by atoms with Crippen molar-refractivity contribution >= 4 is 12.0 Å². The number of hydrogen-bond donors (Lipinski definition) is 2. The zero-order chi connectivity index (χ0) is 25.1. The van der Waals surface area contributed by atoms with Crippen molar-refractivity contribution in [1.82, 2.24) is 4.90 Å². The maximum atomic E-state index is 14.0. The van der Waals surface area contributed by atoms with E-state index in [1.807, 2.05) is 0 Å². The molecule has 1 aliphatic carbocycles. The Morgan fingerprint density at radius 2 is 1.97 bits per heavy atom. The highest BCUT2D eigenvalue weighted by molar-refractivity contribution is 6.14. The van der Waals surface area contributed by atoms with Gasteiger partial charge in [-0.25, -0.2) is 8.78 Å². The van der Waals surface area contributed by atoms with Crippen molar-refractivity contribution in [3.63, 3.8) is 0 Å². The Labute approximate surface area is 201 Å². The molecule has 1 atom stereocenters. The molecule has 0 saturated carbocycles. The van der Waals surface area contributed by atoms with Crippen LogP contribution in [0.3, 0.4) is 0 Å². The van der Waals surface area contributed by atoms with Crippen molar-refractivity contribution in [3.8, 4) is 0 Å². The van der Waals surface area contributed by atoms with E-state index < -0.39 is 11.8 Å². The lowest BCUT2D eigenvalue weighted by Gasteiger charge is -2.26. The monoisotopic (exact) mass is 476 g/mol. The molecule has 1 unspecified atom stereocenters. The Hall–Kier alpha value is -2.38. The van der Waals surface area contributed by atoms with Crippen LogP contribution in [0.2, 0.25) is 0 Å². The Bertz CT molecular complexity index is 890. The van der Waals surface area contributed by atoms with E-state index in [1.165, 1.54) is 12.3 Å². The predicted octanol–water partition coefficient (Wildman–Crippen LogP) is 5.56. The first kappa shape index (κ1) is 27.9. The second-order valence-corrected chi connectivity index (χ2v) is 9.07. The summed E-state index contributed by atoms with van der Waals surface area (Å²) in [5.74, 6) is -3.86. The molecule has 0 aromatic heterocycles. The Balaban J connectivity index is 1.96. The fourth-order valence-corrected chi connectivity index (χ4v) is 4.37. The maximum absolute atomic E-state index is 14.0. The largest absolute Gasteiger partial charge is 0.511 e. The molecule has 5 nitrogen and oxygen atoms in total. The zero-order valence-electron chi connectivity index (χ0n) is 20.4. The number of Topliss-reactive ketones (excluding diaryl/α,β-unsaturated/α-hetero) is 1. The summed E-state index contributed by atoms with van der Waals surface area (Å²) in [5.41, 5.74) is 1.54. The molecule has 0 aliphatic heterocycles. The van der Waals surface area contributed by atoms with Gasteiger partial charge in [-0.1, -0.05) is 43.3 Å². The van der Waals surface area contributed by atoms with E-state index in [-0.39, 0.29) is 42.1 Å². The molecule has 34 heavy (non-hydrogen) atoms. The third kappa shape index (κ3) is 8.44. The number of rotatable bonds is 14. The lowest BCUT2D eigenvalue weighted by Crippen LogP contribution is -2.28. The standard InChI is InChI=1S/C27H38F2N2O3/c1-4-13-31(14-7-8-20(2)11-16-32)15-12-30-19-23-25(33)17-21(18-26(23)34)22-9-5-6-10-24(22)27(3,28)29/h5-6,9-10,19,21,32-33H,2,4,7-8,11-18H2,1,3H3. The lowest BCUT2D eigenvalue weighted by molar-refractivity contribution is -0.116. The SMILES string of the molecule is C=C(CCO)CCCN(CCC)CCN=CC1=C(O)CC(c2ccccc2C(C)(F)F)CC1=O. The smallest absolute Gasteiger partial charge is 0.270 e. The molecule has 0 saturated heterocycles. The number of carbonyl (C=O) groups is 1. The first-order valence-electron chi connectivity index (χ1n) is 12.1. The van der Waals surface area contributed by atoms with Gasteiger partial charge >= 0.3 is 0 Å². The van der Waals surface area contributed by atoms with Crippen molar-refractivity contribution in [2.24, 2.45) is 4.99 Å². The van der Waals surface area contributed by atoms with Gasteiger partial charge in [0.25, 0.3) is 5.92 Å². The number of alkyl halides is 2. The Morgan fingerprint density at radius 3 is 2.62 bits per heavy atom. The topological polar surface area (TPSA) is 73.1 Å². The fourth-order valence-electron chi connectivity index (χ4n) is 4.37. The quantitative estimate of drug-likeness (QED) is 0.272. The minimum absolute atomic E-state index is 0.0677. The average molecular weight is 477 g/mol. The summed E-state index contributed by atoms with van der Waals surface area (Å²) in [5, 5.41) is 19.5. The van der Waals surface area contributed by atoms with Gasteiger partial charge in [0.15, 0.2) is 5.78 Å². The van der Waals surface area contributed by atoms with Crippen LogP contribution in [-0.2, 0) is 10.7 Å². The maximum Gasteiger partial charge on any atom is 0.270 e. The number of ketones is 1. The highest BCUT2D eigenvalue weighted by Gasteiger charge is 2.34. The van der Waals surface area contributed by atoms with Crippen LogP contribution in [0, 0.1) is 0 Å².